The van der Waals surface area contributed by atoms with Crippen molar-refractivity contribution in [3.63, 3.8) is 0 Å². The van der Waals surface area contributed by atoms with Crippen LogP contribution in [0.5, 0.6) is 0 Å². The van der Waals surface area contributed by atoms with Gasteiger partial charge in [0.05, 0.1) is 12.9 Å². The summed E-state index contributed by atoms with van der Waals surface area (Å²) in [7, 11) is 1.89. The minimum atomic E-state index is -0.243. The lowest BCUT2D eigenvalue weighted by Crippen LogP contribution is -2.12. The van der Waals surface area contributed by atoms with Crippen LogP contribution < -0.4 is 5.32 Å². The van der Waals surface area contributed by atoms with Gasteiger partial charge in [-0.05, 0) is 5.56 Å². The molecule has 0 aliphatic carbocycles. The lowest BCUT2D eigenvalue weighted by atomic mass is 9.92. The minimum absolute atomic E-state index is 0.129. The summed E-state index contributed by atoms with van der Waals surface area (Å²) in [6, 6.07) is 0. The van der Waals surface area contributed by atoms with Gasteiger partial charge in [0.15, 0.2) is 0 Å². The maximum absolute atomic E-state index is 12.6. The number of alkyl halides is 1. The molecule has 3 nitrogen and oxygen atoms in total. The van der Waals surface area contributed by atoms with Crippen molar-refractivity contribution in [2.24, 2.45) is 13.0 Å². The highest BCUT2D eigenvalue weighted by Gasteiger charge is 2.28. The third-order valence-electron chi connectivity index (χ3n) is 2.69. The lowest BCUT2D eigenvalue weighted by Gasteiger charge is -2.12. The van der Waals surface area contributed by atoms with Gasteiger partial charge in [0.2, 0.25) is 0 Å². The summed E-state index contributed by atoms with van der Waals surface area (Å²) < 4.78 is 14.3. The number of aromatic nitrogens is 2. The van der Waals surface area contributed by atoms with Crippen molar-refractivity contribution in [3.8, 4) is 0 Å². The van der Waals surface area contributed by atoms with Crippen LogP contribution >= 0.6 is 0 Å². The predicted octanol–water partition coefficient (Wildman–Crippen LogP) is 0.693. The Balaban J connectivity index is 2.15. The Labute approximate surface area is 76.9 Å². The van der Waals surface area contributed by atoms with Gasteiger partial charge < -0.3 is 5.32 Å². The molecular formula is C9H14FN3. The van der Waals surface area contributed by atoms with Crippen LogP contribution in [0.4, 0.5) is 4.39 Å². The molecule has 1 aromatic heterocycles. The van der Waals surface area contributed by atoms with Gasteiger partial charge in [-0.3, -0.25) is 9.07 Å². The van der Waals surface area contributed by atoms with Crippen molar-refractivity contribution < 1.29 is 4.39 Å². The van der Waals surface area contributed by atoms with Crippen LogP contribution in [0.3, 0.4) is 0 Å². The van der Waals surface area contributed by atoms with E-state index in [0.29, 0.717) is 5.92 Å². The molecule has 1 N–H and O–H groups in total. The molecule has 1 fully saturated rings. The van der Waals surface area contributed by atoms with Gasteiger partial charge in [-0.2, -0.15) is 5.10 Å². The van der Waals surface area contributed by atoms with E-state index in [1.54, 1.807) is 4.68 Å². The molecule has 2 heterocycles. The number of aryl methyl sites for hydroxylation is 1. The Bertz CT molecular complexity index is 284. The summed E-state index contributed by atoms with van der Waals surface area (Å²) in [5.74, 6) is 0.433. The van der Waals surface area contributed by atoms with Crippen molar-refractivity contribution in [1.82, 2.24) is 15.1 Å². The molecule has 0 aromatic carbocycles. The monoisotopic (exact) mass is 183 g/mol. The maximum Gasteiger partial charge on any atom is 0.0941 e. The highest BCUT2D eigenvalue weighted by molar-refractivity contribution is 5.15. The van der Waals surface area contributed by atoms with Crippen molar-refractivity contribution >= 4 is 0 Å². The van der Waals surface area contributed by atoms with E-state index in [0.717, 1.165) is 18.7 Å². The van der Waals surface area contributed by atoms with E-state index in [4.69, 9.17) is 0 Å². The van der Waals surface area contributed by atoms with Gasteiger partial charge in [-0.15, -0.1) is 0 Å². The van der Waals surface area contributed by atoms with Gasteiger partial charge in [0.1, 0.15) is 0 Å². The van der Waals surface area contributed by atoms with Gasteiger partial charge >= 0.3 is 0 Å². The van der Waals surface area contributed by atoms with Crippen LogP contribution in [-0.4, -0.2) is 29.5 Å². The smallest absolute Gasteiger partial charge is 0.0941 e. The molecule has 72 valence electrons. The first-order valence-electron chi connectivity index (χ1n) is 4.56. The summed E-state index contributed by atoms with van der Waals surface area (Å²) in [5, 5.41) is 7.30. The fraction of sp³-hybridized carbons (Fsp3) is 0.667. The Hall–Kier alpha value is -0.900. The van der Waals surface area contributed by atoms with E-state index >= 15 is 0 Å². The molecule has 0 spiro atoms. The van der Waals surface area contributed by atoms with Crippen molar-refractivity contribution in [2.75, 3.05) is 19.8 Å². The zero-order chi connectivity index (χ0) is 9.26. The predicted molar refractivity (Wildman–Crippen MR) is 48.3 cm³/mol. The highest BCUT2D eigenvalue weighted by atomic mass is 19.1. The summed E-state index contributed by atoms with van der Waals surface area (Å²) in [6.45, 7) is 1.42. The molecular weight excluding hydrogens is 169 g/mol. The SMILES string of the molecule is Cn1cc(C2CNCC2CF)cn1. The van der Waals surface area contributed by atoms with Gasteiger partial charge in [-0.25, -0.2) is 0 Å². The Morgan fingerprint density at radius 1 is 1.69 bits per heavy atom. The normalized spacial score (nSPS) is 28.2. The molecule has 0 amide bonds. The van der Waals surface area contributed by atoms with Gasteiger partial charge in [0.25, 0.3) is 0 Å². The number of hydrogen-bond donors (Lipinski definition) is 1. The maximum atomic E-state index is 12.6. The Morgan fingerprint density at radius 2 is 2.54 bits per heavy atom. The average Bonchev–Trinajstić information content (AvgIpc) is 2.71. The van der Waals surface area contributed by atoms with E-state index in [1.807, 2.05) is 19.4 Å². The van der Waals surface area contributed by atoms with Crippen LogP contribution in [0.1, 0.15) is 11.5 Å². The topological polar surface area (TPSA) is 29.9 Å². The summed E-state index contributed by atoms with van der Waals surface area (Å²) in [5.41, 5.74) is 1.15. The first kappa shape index (κ1) is 8.69. The van der Waals surface area contributed by atoms with Crippen LogP contribution in [0.15, 0.2) is 12.4 Å². The van der Waals surface area contributed by atoms with E-state index in [1.165, 1.54) is 0 Å². The fourth-order valence-electron chi connectivity index (χ4n) is 1.92. The molecule has 0 bridgehead atoms. The van der Waals surface area contributed by atoms with Crippen LogP contribution in [0.25, 0.3) is 0 Å². The van der Waals surface area contributed by atoms with Gasteiger partial charge in [0, 0.05) is 38.2 Å². The molecule has 13 heavy (non-hydrogen) atoms. The van der Waals surface area contributed by atoms with Gasteiger partial charge in [-0.1, -0.05) is 0 Å². The number of rotatable bonds is 2. The van der Waals surface area contributed by atoms with E-state index < -0.39 is 0 Å². The molecule has 4 heteroatoms. The van der Waals surface area contributed by atoms with Crippen molar-refractivity contribution in [1.29, 1.82) is 0 Å². The largest absolute Gasteiger partial charge is 0.316 e. The summed E-state index contributed by atoms with van der Waals surface area (Å²) in [4.78, 5) is 0. The first-order valence-corrected chi connectivity index (χ1v) is 4.56. The third-order valence-corrected chi connectivity index (χ3v) is 2.69. The number of nitrogens with zero attached hydrogens (tertiary/aromatic N) is 2. The zero-order valence-corrected chi connectivity index (χ0v) is 7.70. The number of halogens is 1. The number of hydrogen-bond acceptors (Lipinski definition) is 2. The Morgan fingerprint density at radius 3 is 3.15 bits per heavy atom. The second-order valence-corrected chi connectivity index (χ2v) is 3.63. The van der Waals surface area contributed by atoms with Crippen molar-refractivity contribution in [2.45, 2.75) is 5.92 Å². The molecule has 0 saturated carbocycles. The zero-order valence-electron chi connectivity index (χ0n) is 7.70. The van der Waals surface area contributed by atoms with E-state index in [2.05, 4.69) is 10.4 Å². The van der Waals surface area contributed by atoms with E-state index in [9.17, 15) is 4.39 Å². The van der Waals surface area contributed by atoms with Crippen LogP contribution in [0.2, 0.25) is 0 Å². The molecule has 1 aromatic rings. The highest BCUT2D eigenvalue weighted by Crippen LogP contribution is 2.27. The van der Waals surface area contributed by atoms with Crippen LogP contribution in [-0.2, 0) is 7.05 Å². The number of nitrogens with one attached hydrogen (secondary N) is 1. The molecule has 2 unspecified atom stereocenters. The van der Waals surface area contributed by atoms with E-state index in [-0.39, 0.29) is 12.6 Å². The lowest BCUT2D eigenvalue weighted by molar-refractivity contribution is 0.358. The Kier molecular flexibility index (Phi) is 2.31. The second-order valence-electron chi connectivity index (χ2n) is 3.63. The fourth-order valence-corrected chi connectivity index (χ4v) is 1.92. The third kappa shape index (κ3) is 1.58. The minimum Gasteiger partial charge on any atom is -0.316 e. The summed E-state index contributed by atoms with van der Waals surface area (Å²) in [6.07, 6.45) is 3.81. The van der Waals surface area contributed by atoms with Crippen LogP contribution in [0, 0.1) is 5.92 Å². The molecule has 2 rings (SSSR count). The summed E-state index contributed by atoms with van der Waals surface area (Å²) >= 11 is 0. The molecule has 1 saturated heterocycles. The first-order chi connectivity index (χ1) is 6.31. The average molecular weight is 183 g/mol. The molecule has 1 aliphatic heterocycles. The second kappa shape index (κ2) is 3.46. The molecule has 1 aliphatic rings. The molecule has 0 radical (unpaired) electrons. The molecule has 2 atom stereocenters. The van der Waals surface area contributed by atoms with Crippen molar-refractivity contribution in [3.05, 3.63) is 18.0 Å². The quantitative estimate of drug-likeness (QED) is 0.731. The standard InChI is InChI=1S/C9H14FN3/c1-13-6-8(4-12-13)9-5-11-3-7(9)2-10/h4,6-7,9,11H,2-3,5H2,1H3.